The highest BCUT2D eigenvalue weighted by atomic mass is 32.2. The summed E-state index contributed by atoms with van der Waals surface area (Å²) >= 11 is 0. The molecule has 3 aromatic rings. The van der Waals surface area contributed by atoms with Gasteiger partial charge in [-0.25, -0.2) is 13.1 Å². The fraction of sp³-hybridized carbons (Fsp3) is 0.333. The second-order valence-corrected chi connectivity index (χ2v) is 9.56. The molecule has 0 saturated carbocycles. The standard InChI is InChI=1S/C21H24N6O3S/c1-16-3-4-17(2)20(13-16)31(29,30)26-11-9-25(10-12-26)21(28)14-18-5-7-19(8-6-18)27-15-22-23-24-27/h3-8,13,15H,9-12,14H2,1-2H3. The number of nitrogens with zero attached hydrogens (tertiary/aromatic N) is 6. The minimum Gasteiger partial charge on any atom is -0.340 e. The lowest BCUT2D eigenvalue weighted by Crippen LogP contribution is -2.50. The van der Waals surface area contributed by atoms with Crippen LogP contribution in [0.25, 0.3) is 5.69 Å². The highest BCUT2D eigenvalue weighted by molar-refractivity contribution is 7.89. The van der Waals surface area contributed by atoms with Crippen molar-refractivity contribution >= 4 is 15.9 Å². The Labute approximate surface area is 181 Å². The number of sulfonamides is 1. The molecule has 0 unspecified atom stereocenters. The molecular weight excluding hydrogens is 416 g/mol. The van der Waals surface area contributed by atoms with Gasteiger partial charge in [-0.3, -0.25) is 4.79 Å². The molecule has 0 N–H and O–H groups in total. The maximum Gasteiger partial charge on any atom is 0.243 e. The molecular formula is C21H24N6O3S. The Bertz CT molecular complexity index is 1170. The second-order valence-electron chi connectivity index (χ2n) is 7.65. The molecule has 1 fully saturated rings. The van der Waals surface area contributed by atoms with Crippen molar-refractivity contribution in [1.29, 1.82) is 0 Å². The van der Waals surface area contributed by atoms with E-state index in [2.05, 4.69) is 15.5 Å². The van der Waals surface area contributed by atoms with Gasteiger partial charge in [0.05, 0.1) is 17.0 Å². The van der Waals surface area contributed by atoms with E-state index in [4.69, 9.17) is 0 Å². The minimum absolute atomic E-state index is 0.0149. The Kier molecular flexibility index (Phi) is 5.84. The summed E-state index contributed by atoms with van der Waals surface area (Å²) in [6, 6.07) is 12.9. The first-order chi connectivity index (χ1) is 14.8. The molecule has 2 aromatic carbocycles. The van der Waals surface area contributed by atoms with Crippen molar-refractivity contribution in [1.82, 2.24) is 29.4 Å². The molecule has 10 heteroatoms. The number of benzene rings is 2. The van der Waals surface area contributed by atoms with Gasteiger partial charge in [0, 0.05) is 26.2 Å². The van der Waals surface area contributed by atoms with Crippen LogP contribution in [0.5, 0.6) is 0 Å². The van der Waals surface area contributed by atoms with E-state index < -0.39 is 10.0 Å². The summed E-state index contributed by atoms with van der Waals surface area (Å²) < 4.78 is 29.1. The van der Waals surface area contributed by atoms with E-state index in [0.717, 1.165) is 22.4 Å². The second kappa shape index (κ2) is 8.56. The van der Waals surface area contributed by atoms with Gasteiger partial charge in [-0.15, -0.1) is 5.10 Å². The van der Waals surface area contributed by atoms with Crippen molar-refractivity contribution in [2.45, 2.75) is 25.2 Å². The minimum atomic E-state index is -3.57. The Morgan fingerprint density at radius 3 is 2.35 bits per heavy atom. The summed E-state index contributed by atoms with van der Waals surface area (Å²) in [5, 5.41) is 11.1. The summed E-state index contributed by atoms with van der Waals surface area (Å²) in [6.07, 6.45) is 1.77. The van der Waals surface area contributed by atoms with Crippen molar-refractivity contribution in [3.8, 4) is 5.69 Å². The first kappa shape index (κ1) is 21.1. The lowest BCUT2D eigenvalue weighted by atomic mass is 10.1. The maximum absolute atomic E-state index is 13.1. The van der Waals surface area contributed by atoms with E-state index in [1.54, 1.807) is 22.6 Å². The van der Waals surface area contributed by atoms with E-state index in [-0.39, 0.29) is 12.3 Å². The van der Waals surface area contributed by atoms with Crippen molar-refractivity contribution in [2.24, 2.45) is 0 Å². The van der Waals surface area contributed by atoms with Crippen molar-refractivity contribution in [3.05, 3.63) is 65.5 Å². The molecule has 0 bridgehead atoms. The van der Waals surface area contributed by atoms with E-state index >= 15 is 0 Å². The predicted octanol–water partition coefficient (Wildman–Crippen LogP) is 1.35. The van der Waals surface area contributed by atoms with Crippen LogP contribution in [0.2, 0.25) is 0 Å². The quantitative estimate of drug-likeness (QED) is 0.594. The molecule has 0 spiro atoms. The van der Waals surface area contributed by atoms with E-state index in [9.17, 15) is 13.2 Å². The van der Waals surface area contributed by atoms with Crippen LogP contribution in [0.1, 0.15) is 16.7 Å². The number of carbonyl (C=O) groups is 1. The van der Waals surface area contributed by atoms with Gasteiger partial charge >= 0.3 is 0 Å². The summed E-state index contributed by atoms with van der Waals surface area (Å²) in [5.41, 5.74) is 3.33. The lowest BCUT2D eigenvalue weighted by Gasteiger charge is -2.34. The molecule has 162 valence electrons. The fourth-order valence-electron chi connectivity index (χ4n) is 3.63. The zero-order valence-corrected chi connectivity index (χ0v) is 18.3. The lowest BCUT2D eigenvalue weighted by molar-refractivity contribution is -0.131. The van der Waals surface area contributed by atoms with Gasteiger partial charge in [-0.1, -0.05) is 24.3 Å². The average Bonchev–Trinajstić information content (AvgIpc) is 3.31. The molecule has 9 nitrogen and oxygen atoms in total. The van der Waals surface area contributed by atoms with Crippen LogP contribution in [-0.2, 0) is 21.2 Å². The number of aryl methyl sites for hydroxylation is 2. The summed E-state index contributed by atoms with van der Waals surface area (Å²) in [4.78, 5) is 14.8. The topological polar surface area (TPSA) is 101 Å². The van der Waals surface area contributed by atoms with Crippen LogP contribution in [0.15, 0.2) is 53.7 Å². The number of rotatable bonds is 5. The van der Waals surface area contributed by atoms with Gasteiger partial charge in [0.15, 0.2) is 0 Å². The fourth-order valence-corrected chi connectivity index (χ4v) is 5.37. The number of aromatic nitrogens is 4. The van der Waals surface area contributed by atoms with Crippen LogP contribution in [0, 0.1) is 13.8 Å². The van der Waals surface area contributed by atoms with Crippen LogP contribution in [0.4, 0.5) is 0 Å². The highest BCUT2D eigenvalue weighted by Gasteiger charge is 2.31. The van der Waals surface area contributed by atoms with Crippen molar-refractivity contribution < 1.29 is 13.2 Å². The zero-order chi connectivity index (χ0) is 22.0. The molecule has 4 rings (SSSR count). The maximum atomic E-state index is 13.1. The monoisotopic (exact) mass is 440 g/mol. The van der Waals surface area contributed by atoms with Crippen LogP contribution >= 0.6 is 0 Å². The van der Waals surface area contributed by atoms with E-state index in [0.29, 0.717) is 31.1 Å². The zero-order valence-electron chi connectivity index (χ0n) is 17.5. The number of tetrazole rings is 1. The van der Waals surface area contributed by atoms with Gasteiger partial charge in [-0.2, -0.15) is 4.31 Å². The van der Waals surface area contributed by atoms with Gasteiger partial charge < -0.3 is 4.90 Å². The molecule has 0 aliphatic carbocycles. The molecule has 1 saturated heterocycles. The Balaban J connectivity index is 1.37. The van der Waals surface area contributed by atoms with Crippen LogP contribution in [-0.4, -0.2) is 69.9 Å². The number of hydrogen-bond acceptors (Lipinski definition) is 6. The third-order valence-electron chi connectivity index (χ3n) is 5.46. The number of carbonyl (C=O) groups excluding carboxylic acids is 1. The van der Waals surface area contributed by atoms with Crippen LogP contribution in [0.3, 0.4) is 0 Å². The largest absolute Gasteiger partial charge is 0.340 e. The van der Waals surface area contributed by atoms with Gasteiger partial charge in [0.1, 0.15) is 6.33 Å². The first-order valence-corrected chi connectivity index (χ1v) is 11.5. The van der Waals surface area contributed by atoms with Gasteiger partial charge in [-0.05, 0) is 59.2 Å². The Morgan fingerprint density at radius 1 is 1.00 bits per heavy atom. The van der Waals surface area contributed by atoms with Gasteiger partial charge in [0.25, 0.3) is 0 Å². The molecule has 2 heterocycles. The Morgan fingerprint density at radius 2 is 1.71 bits per heavy atom. The molecule has 0 atom stereocenters. The van der Waals surface area contributed by atoms with Crippen molar-refractivity contribution in [3.63, 3.8) is 0 Å². The third-order valence-corrected chi connectivity index (χ3v) is 7.50. The third kappa shape index (κ3) is 4.49. The van der Waals surface area contributed by atoms with E-state index in [1.807, 2.05) is 43.3 Å². The van der Waals surface area contributed by atoms with Crippen molar-refractivity contribution in [2.75, 3.05) is 26.2 Å². The highest BCUT2D eigenvalue weighted by Crippen LogP contribution is 2.22. The van der Waals surface area contributed by atoms with E-state index in [1.165, 1.54) is 10.6 Å². The summed E-state index contributed by atoms with van der Waals surface area (Å²) in [5.74, 6) is -0.0149. The average molecular weight is 441 g/mol. The summed E-state index contributed by atoms with van der Waals surface area (Å²) in [7, 11) is -3.57. The molecule has 1 aliphatic rings. The van der Waals surface area contributed by atoms with Gasteiger partial charge in [0.2, 0.25) is 15.9 Å². The predicted molar refractivity (Wildman–Crippen MR) is 114 cm³/mol. The normalized spacial score (nSPS) is 15.2. The number of hydrogen-bond donors (Lipinski definition) is 0. The Hall–Kier alpha value is -3.11. The molecule has 31 heavy (non-hydrogen) atoms. The molecule has 0 radical (unpaired) electrons. The molecule has 1 aliphatic heterocycles. The smallest absolute Gasteiger partial charge is 0.243 e. The SMILES string of the molecule is Cc1ccc(C)c(S(=O)(=O)N2CCN(C(=O)Cc3ccc(-n4cnnn4)cc3)CC2)c1. The molecule has 1 aromatic heterocycles. The summed E-state index contributed by atoms with van der Waals surface area (Å²) in [6.45, 7) is 5.03. The van der Waals surface area contributed by atoms with Crippen LogP contribution < -0.4 is 0 Å². The number of piperazine rings is 1. The number of amides is 1. The first-order valence-electron chi connectivity index (χ1n) is 10.0. The molecule has 1 amide bonds.